The zero-order chi connectivity index (χ0) is 30.0. The number of nitrogens with one attached hydrogen (secondary N) is 1. The van der Waals surface area contributed by atoms with Crippen LogP contribution >= 0.6 is 0 Å². The topological polar surface area (TPSA) is 184 Å². The van der Waals surface area contributed by atoms with Crippen molar-refractivity contribution in [3.8, 4) is 11.1 Å². The molecule has 3 aromatic rings. The van der Waals surface area contributed by atoms with Crippen LogP contribution < -0.4 is 16.0 Å². The normalized spacial score (nSPS) is 12.6. The molecule has 3 aromatic carbocycles. The van der Waals surface area contributed by atoms with Crippen molar-refractivity contribution in [2.45, 2.75) is 30.7 Å². The predicted molar refractivity (Wildman–Crippen MR) is 153 cm³/mol. The predicted octanol–water partition coefficient (Wildman–Crippen LogP) is 2.06. The zero-order valence-electron chi connectivity index (χ0n) is 22.0. The van der Waals surface area contributed by atoms with E-state index in [1.807, 2.05) is 30.3 Å². The van der Waals surface area contributed by atoms with E-state index < -0.39 is 63.7 Å². The number of carboxylic acids is 2. The van der Waals surface area contributed by atoms with Gasteiger partial charge in [-0.25, -0.2) is 8.42 Å². The second kappa shape index (κ2) is 14.2. The fourth-order valence-electron chi connectivity index (χ4n) is 4.07. The van der Waals surface area contributed by atoms with Crippen LogP contribution in [0.1, 0.15) is 18.4 Å². The number of nitrogens with two attached hydrogens (primary N) is 1. The minimum atomic E-state index is -4.02. The number of hydrogen-bond donors (Lipinski definition) is 4. The molecule has 216 valence electrons. The Balaban J connectivity index is 1.83. The van der Waals surface area contributed by atoms with Crippen LogP contribution in [0.3, 0.4) is 0 Å². The molecule has 5 N–H and O–H groups in total. The summed E-state index contributed by atoms with van der Waals surface area (Å²) in [5, 5.41) is 20.7. The van der Waals surface area contributed by atoms with Gasteiger partial charge in [0.15, 0.2) is 9.84 Å². The summed E-state index contributed by atoms with van der Waals surface area (Å²) in [5.74, 6) is -5.66. The van der Waals surface area contributed by atoms with Gasteiger partial charge in [0, 0.05) is 12.1 Å². The molecule has 0 spiro atoms. The molecule has 0 aliphatic heterocycles. The summed E-state index contributed by atoms with van der Waals surface area (Å²) in [5.41, 5.74) is 7.95. The van der Waals surface area contributed by atoms with Gasteiger partial charge in [-0.1, -0.05) is 72.8 Å². The van der Waals surface area contributed by atoms with Gasteiger partial charge in [0.25, 0.3) is 5.91 Å². The molecular formula is C29H31N3O8S. The molecule has 41 heavy (non-hydrogen) atoms. The average Bonchev–Trinajstić information content (AvgIpc) is 2.94. The lowest BCUT2D eigenvalue weighted by atomic mass is 10.0. The smallest absolute Gasteiger partial charge is 0.323 e. The van der Waals surface area contributed by atoms with Gasteiger partial charge in [0.2, 0.25) is 5.91 Å². The highest BCUT2D eigenvalue weighted by molar-refractivity contribution is 7.90. The first-order valence-corrected chi connectivity index (χ1v) is 14.5. The van der Waals surface area contributed by atoms with E-state index in [1.54, 1.807) is 42.5 Å². The number of amides is 2. The molecule has 0 fully saturated rings. The largest absolute Gasteiger partial charge is 0.480 e. The summed E-state index contributed by atoms with van der Waals surface area (Å²) in [7, 11) is -4.02. The first-order chi connectivity index (χ1) is 19.4. The van der Waals surface area contributed by atoms with Gasteiger partial charge in [-0.2, -0.15) is 0 Å². The zero-order valence-corrected chi connectivity index (χ0v) is 22.9. The van der Waals surface area contributed by atoms with Crippen molar-refractivity contribution in [1.82, 2.24) is 5.32 Å². The molecule has 2 atom stereocenters. The van der Waals surface area contributed by atoms with Crippen molar-refractivity contribution < 1.29 is 37.8 Å². The molecule has 0 saturated heterocycles. The highest BCUT2D eigenvalue weighted by Crippen LogP contribution is 2.21. The number of carbonyl (C=O) groups excluding carboxylic acids is 2. The molecule has 2 amide bonds. The second-order valence-electron chi connectivity index (χ2n) is 9.37. The lowest BCUT2D eigenvalue weighted by Crippen LogP contribution is -2.53. The Morgan fingerprint density at radius 1 is 0.829 bits per heavy atom. The maximum atomic E-state index is 13.6. The number of anilines is 1. The van der Waals surface area contributed by atoms with E-state index in [0.29, 0.717) is 5.56 Å². The van der Waals surface area contributed by atoms with E-state index in [-0.39, 0.29) is 18.5 Å². The monoisotopic (exact) mass is 581 g/mol. The molecule has 0 unspecified atom stereocenters. The van der Waals surface area contributed by atoms with Crippen molar-refractivity contribution >= 4 is 39.3 Å². The Hall–Kier alpha value is -4.55. The van der Waals surface area contributed by atoms with Gasteiger partial charge in [-0.3, -0.25) is 24.1 Å². The third-order valence-corrected chi connectivity index (χ3v) is 7.74. The standard InChI is InChI=1S/C29H31N3O8S/c30-24(29(37)38)15-16-26(33)31-25(28(36)32(17-27(34)35)23-9-5-2-6-10-23)19-41(39,40)18-20-11-13-22(14-12-20)21-7-3-1-4-8-21/h1-14,24-25H,15-19,30H2,(H,31,33)(H,34,35)(H,37,38)/t24-,25-/m0/s1. The molecule has 0 aliphatic carbocycles. The number of aliphatic carboxylic acids is 2. The van der Waals surface area contributed by atoms with E-state index in [1.165, 1.54) is 12.1 Å². The minimum Gasteiger partial charge on any atom is -0.480 e. The maximum Gasteiger partial charge on any atom is 0.323 e. The highest BCUT2D eigenvalue weighted by Gasteiger charge is 2.32. The van der Waals surface area contributed by atoms with E-state index in [0.717, 1.165) is 16.0 Å². The lowest BCUT2D eigenvalue weighted by molar-refractivity contribution is -0.139. The second-order valence-corrected chi connectivity index (χ2v) is 11.5. The van der Waals surface area contributed by atoms with Gasteiger partial charge >= 0.3 is 11.9 Å². The van der Waals surface area contributed by atoms with Gasteiger partial charge in [-0.05, 0) is 35.2 Å². The van der Waals surface area contributed by atoms with Crippen LogP contribution in [-0.4, -0.2) is 66.8 Å². The van der Waals surface area contributed by atoms with E-state index in [2.05, 4.69) is 5.32 Å². The third-order valence-electron chi connectivity index (χ3n) is 6.13. The van der Waals surface area contributed by atoms with Crippen LogP contribution in [0.5, 0.6) is 0 Å². The molecule has 0 heterocycles. The first-order valence-electron chi connectivity index (χ1n) is 12.7. The van der Waals surface area contributed by atoms with Crippen molar-refractivity contribution in [2.75, 3.05) is 17.2 Å². The molecule has 0 saturated carbocycles. The number of sulfone groups is 1. The lowest BCUT2D eigenvalue weighted by Gasteiger charge is -2.27. The van der Waals surface area contributed by atoms with Crippen LogP contribution in [0.25, 0.3) is 11.1 Å². The number of para-hydroxylation sites is 1. The highest BCUT2D eigenvalue weighted by atomic mass is 32.2. The van der Waals surface area contributed by atoms with Gasteiger partial charge < -0.3 is 21.3 Å². The molecule has 0 aromatic heterocycles. The van der Waals surface area contributed by atoms with Gasteiger partial charge in [0.1, 0.15) is 18.6 Å². The molecule has 12 heteroatoms. The number of nitrogens with zero attached hydrogens (tertiary/aromatic N) is 1. The Morgan fingerprint density at radius 3 is 1.95 bits per heavy atom. The Morgan fingerprint density at radius 2 is 1.39 bits per heavy atom. The van der Waals surface area contributed by atoms with Gasteiger partial charge in [-0.15, -0.1) is 0 Å². The van der Waals surface area contributed by atoms with Crippen LogP contribution in [0, 0.1) is 0 Å². The quantitative estimate of drug-likeness (QED) is 0.221. The van der Waals surface area contributed by atoms with E-state index >= 15 is 0 Å². The Kier molecular flexibility index (Phi) is 10.7. The summed E-state index contributed by atoms with van der Waals surface area (Å²) in [6, 6.07) is 21.2. The van der Waals surface area contributed by atoms with Crippen molar-refractivity contribution in [3.63, 3.8) is 0 Å². The molecule has 0 bridgehead atoms. The number of hydrogen-bond acceptors (Lipinski definition) is 7. The number of benzene rings is 3. The Bertz CT molecular complexity index is 1460. The van der Waals surface area contributed by atoms with Gasteiger partial charge in [0.05, 0.1) is 11.5 Å². The molecular weight excluding hydrogens is 550 g/mol. The van der Waals surface area contributed by atoms with Crippen LogP contribution in [-0.2, 0) is 34.8 Å². The fourth-order valence-corrected chi connectivity index (χ4v) is 5.62. The third kappa shape index (κ3) is 9.55. The first kappa shape index (κ1) is 31.0. The SMILES string of the molecule is N[C@@H](CCC(=O)N[C@@H](CS(=O)(=O)Cc1ccc(-c2ccccc2)cc1)C(=O)N(CC(=O)O)c1ccccc1)C(=O)O. The summed E-state index contributed by atoms with van der Waals surface area (Å²) < 4.78 is 26.5. The summed E-state index contributed by atoms with van der Waals surface area (Å²) in [4.78, 5) is 49.6. The van der Waals surface area contributed by atoms with E-state index in [9.17, 15) is 32.7 Å². The molecule has 0 radical (unpaired) electrons. The van der Waals surface area contributed by atoms with Crippen molar-refractivity contribution in [3.05, 3.63) is 90.5 Å². The number of rotatable bonds is 14. The molecule has 0 aliphatic rings. The maximum absolute atomic E-state index is 13.6. The van der Waals surface area contributed by atoms with E-state index in [4.69, 9.17) is 10.8 Å². The molecule has 11 nitrogen and oxygen atoms in total. The summed E-state index contributed by atoms with van der Waals surface area (Å²) in [6.45, 7) is -0.778. The molecule has 3 rings (SSSR count). The summed E-state index contributed by atoms with van der Waals surface area (Å²) >= 11 is 0. The van der Waals surface area contributed by atoms with Crippen LogP contribution in [0.15, 0.2) is 84.9 Å². The summed E-state index contributed by atoms with van der Waals surface area (Å²) in [6.07, 6.45) is -0.636. The van der Waals surface area contributed by atoms with Crippen LogP contribution in [0.2, 0.25) is 0 Å². The Labute approximate surface area is 237 Å². The fraction of sp³-hybridized carbons (Fsp3) is 0.241. The number of carbonyl (C=O) groups is 4. The number of carboxylic acid groups (broad SMARTS) is 2. The van der Waals surface area contributed by atoms with Crippen LogP contribution in [0.4, 0.5) is 5.69 Å². The minimum absolute atomic E-state index is 0.195. The average molecular weight is 582 g/mol. The van der Waals surface area contributed by atoms with Crippen molar-refractivity contribution in [2.24, 2.45) is 5.73 Å². The van der Waals surface area contributed by atoms with Crippen molar-refractivity contribution in [1.29, 1.82) is 0 Å².